The van der Waals surface area contributed by atoms with Crippen molar-refractivity contribution in [3.8, 4) is 11.3 Å². The predicted molar refractivity (Wildman–Crippen MR) is 148 cm³/mol. The smallest absolute Gasteiger partial charge is 0.382 e. The molecule has 14 heteroatoms. The van der Waals surface area contributed by atoms with Crippen molar-refractivity contribution in [2.45, 2.75) is 64.0 Å². The van der Waals surface area contributed by atoms with Gasteiger partial charge in [-0.15, -0.1) is 0 Å². The maximum Gasteiger partial charge on any atom is 0.410 e. The van der Waals surface area contributed by atoms with E-state index in [9.17, 15) is 22.8 Å². The van der Waals surface area contributed by atoms with E-state index in [1.165, 1.54) is 25.5 Å². The van der Waals surface area contributed by atoms with Gasteiger partial charge in [0, 0.05) is 36.3 Å². The van der Waals surface area contributed by atoms with Crippen molar-refractivity contribution in [3.05, 3.63) is 48.7 Å². The Morgan fingerprint density at radius 3 is 2.67 bits per heavy atom. The lowest BCUT2D eigenvalue weighted by atomic mass is 9.95. The molecule has 0 bridgehead atoms. The van der Waals surface area contributed by atoms with Crippen LogP contribution in [0, 0.1) is 5.92 Å². The Hall–Kier alpha value is -4.36. The van der Waals surface area contributed by atoms with Crippen LogP contribution in [-0.2, 0) is 9.59 Å². The number of nitrogen functional groups attached to an aromatic ring is 1. The van der Waals surface area contributed by atoms with Crippen molar-refractivity contribution < 1.29 is 22.8 Å². The van der Waals surface area contributed by atoms with E-state index in [0.717, 1.165) is 17.5 Å². The monoisotopic (exact) mass is 583 g/mol. The first-order valence-electron chi connectivity index (χ1n) is 13.9. The summed E-state index contributed by atoms with van der Waals surface area (Å²) in [6, 6.07) is 1.40. The maximum atomic E-state index is 13.9. The summed E-state index contributed by atoms with van der Waals surface area (Å²) in [5.74, 6) is -0.0416. The Balaban J connectivity index is 1.38. The van der Waals surface area contributed by atoms with Crippen LogP contribution in [0.25, 0.3) is 22.3 Å². The highest BCUT2D eigenvalue weighted by molar-refractivity contribution is 5.94. The normalized spacial score (nSPS) is 21.4. The van der Waals surface area contributed by atoms with Gasteiger partial charge in [0.1, 0.15) is 29.6 Å². The Bertz CT molecular complexity index is 1620. The Morgan fingerprint density at radius 2 is 1.98 bits per heavy atom. The minimum atomic E-state index is -4.50. The summed E-state index contributed by atoms with van der Waals surface area (Å²) < 4.78 is 44.2. The Kier molecular flexibility index (Phi) is 6.54. The van der Waals surface area contributed by atoms with Gasteiger partial charge in [-0.3, -0.25) is 14.3 Å². The van der Waals surface area contributed by atoms with Crippen LogP contribution in [-0.4, -0.2) is 77.0 Å². The van der Waals surface area contributed by atoms with Crippen LogP contribution >= 0.6 is 0 Å². The van der Waals surface area contributed by atoms with E-state index in [-0.39, 0.29) is 35.7 Å². The minimum Gasteiger partial charge on any atom is -0.382 e. The second-order valence-corrected chi connectivity index (χ2v) is 11.4. The molecule has 3 aromatic rings. The molecule has 2 fully saturated rings. The zero-order valence-electron chi connectivity index (χ0n) is 23.5. The van der Waals surface area contributed by atoms with Gasteiger partial charge in [0.2, 0.25) is 11.8 Å². The summed E-state index contributed by atoms with van der Waals surface area (Å²) in [4.78, 5) is 34.0. The number of halogens is 3. The molecule has 5 heterocycles. The second-order valence-electron chi connectivity index (χ2n) is 11.4. The number of rotatable bonds is 6. The quantitative estimate of drug-likeness (QED) is 0.456. The fourth-order valence-electron chi connectivity index (χ4n) is 5.91. The minimum absolute atomic E-state index is 0.0113. The third-order valence-electron chi connectivity index (χ3n) is 8.30. The number of piperazine rings is 1. The number of carbonyl (C=O) groups is 2. The zero-order chi connectivity index (χ0) is 30.0. The molecule has 3 aliphatic rings. The van der Waals surface area contributed by atoms with Gasteiger partial charge in [0.05, 0.1) is 11.4 Å². The first kappa shape index (κ1) is 27.8. The van der Waals surface area contributed by atoms with Gasteiger partial charge in [-0.2, -0.15) is 23.4 Å². The van der Waals surface area contributed by atoms with Crippen LogP contribution < -0.4 is 11.1 Å². The largest absolute Gasteiger partial charge is 0.410 e. The van der Waals surface area contributed by atoms with E-state index < -0.39 is 23.9 Å². The lowest BCUT2D eigenvalue weighted by Crippen LogP contribution is -2.67. The van der Waals surface area contributed by atoms with E-state index in [1.807, 2.05) is 6.08 Å². The van der Waals surface area contributed by atoms with Gasteiger partial charge in [-0.05, 0) is 63.6 Å². The molecule has 222 valence electrons. The number of hydrogen-bond acceptors (Lipinski definition) is 7. The van der Waals surface area contributed by atoms with Gasteiger partial charge < -0.3 is 20.9 Å². The maximum absolute atomic E-state index is 13.9. The van der Waals surface area contributed by atoms with E-state index in [4.69, 9.17) is 5.73 Å². The van der Waals surface area contributed by atoms with Crippen molar-refractivity contribution in [1.82, 2.24) is 39.5 Å². The lowest BCUT2D eigenvalue weighted by molar-refractivity contribution is -0.170. The third-order valence-corrected chi connectivity index (χ3v) is 8.30. The molecule has 1 unspecified atom stereocenters. The number of aromatic nitrogens is 5. The van der Waals surface area contributed by atoms with Crippen molar-refractivity contribution in [2.24, 2.45) is 5.92 Å². The average Bonchev–Trinajstić information content (AvgIpc) is 3.56. The Morgan fingerprint density at radius 1 is 1.21 bits per heavy atom. The topological polar surface area (TPSA) is 127 Å². The molecule has 0 radical (unpaired) electrons. The number of nitrogens with one attached hydrogen (secondary N) is 1. The summed E-state index contributed by atoms with van der Waals surface area (Å²) in [6.07, 6.45) is 4.48. The molecule has 1 aliphatic carbocycles. The molecule has 6 rings (SSSR count). The fraction of sp³-hybridized carbons (Fsp3) is 0.464. The Labute approximate surface area is 239 Å². The van der Waals surface area contributed by atoms with Crippen molar-refractivity contribution >= 4 is 28.7 Å². The summed E-state index contributed by atoms with van der Waals surface area (Å²) in [5, 5.41) is 11.6. The van der Waals surface area contributed by atoms with E-state index >= 15 is 0 Å². The summed E-state index contributed by atoms with van der Waals surface area (Å²) in [6.45, 7) is 5.76. The molecule has 1 saturated heterocycles. The highest BCUT2D eigenvalue weighted by atomic mass is 19.4. The number of amides is 2. The predicted octanol–water partition coefficient (Wildman–Crippen LogP) is 3.37. The fourth-order valence-corrected chi connectivity index (χ4v) is 5.91. The zero-order valence-corrected chi connectivity index (χ0v) is 23.5. The van der Waals surface area contributed by atoms with Gasteiger partial charge in [-0.1, -0.05) is 6.92 Å². The summed E-state index contributed by atoms with van der Waals surface area (Å²) in [5.41, 5.74) is 7.45. The van der Waals surface area contributed by atoms with Crippen molar-refractivity contribution in [2.75, 3.05) is 18.8 Å². The van der Waals surface area contributed by atoms with Crippen LogP contribution in [0.15, 0.2) is 43.0 Å². The molecule has 2 amide bonds. The summed E-state index contributed by atoms with van der Waals surface area (Å²) in [7, 11) is 0. The standard InChI is InChI=1S/C28H32F3N9O2/c1-4-21(28(29,30)31)39-19(8-10-35-39)18-14-20(40-23(18)24(32)34-15-36-40)17-7-9-33-22(13-17)37-11-12-38(25(41)16-5-6-16)27(2,3)26(37)42/h7-10,13-16,21-22,33H,4-6,11-12H2,1-3H3,(H2,32,34,36)/t21-,22?/m1/s1. The molecular weight excluding hydrogens is 551 g/mol. The van der Waals surface area contributed by atoms with Crippen LogP contribution in [0.3, 0.4) is 0 Å². The number of allylic oxidation sites excluding steroid dienone is 2. The number of alkyl halides is 3. The highest BCUT2D eigenvalue weighted by Gasteiger charge is 2.49. The van der Waals surface area contributed by atoms with Crippen LogP contribution in [0.5, 0.6) is 0 Å². The molecule has 0 spiro atoms. The SMILES string of the molecule is CC[C@@H](n1nccc1-c1cc(C2=CC(N3CCN(C(=O)C4CC4)C(C)(C)C3=O)NC=C2)n2ncnc(N)c12)C(F)(F)F. The number of hydrogen-bond donors (Lipinski definition) is 2. The van der Waals surface area contributed by atoms with Crippen molar-refractivity contribution in [1.29, 1.82) is 0 Å². The molecule has 11 nitrogen and oxygen atoms in total. The first-order valence-corrected chi connectivity index (χ1v) is 13.9. The third kappa shape index (κ3) is 4.49. The number of anilines is 1. The number of dihydropyridines is 1. The molecule has 1 saturated carbocycles. The van der Waals surface area contributed by atoms with Gasteiger partial charge in [-0.25, -0.2) is 9.50 Å². The number of nitrogens with zero attached hydrogens (tertiary/aromatic N) is 7. The molecule has 42 heavy (non-hydrogen) atoms. The molecule has 3 N–H and O–H groups in total. The second kappa shape index (κ2) is 9.88. The van der Waals surface area contributed by atoms with Gasteiger partial charge in [0.15, 0.2) is 5.82 Å². The van der Waals surface area contributed by atoms with Crippen molar-refractivity contribution in [3.63, 3.8) is 0 Å². The molecule has 2 atom stereocenters. The number of carbonyl (C=O) groups excluding carboxylic acids is 2. The summed E-state index contributed by atoms with van der Waals surface area (Å²) >= 11 is 0. The average molecular weight is 584 g/mol. The van der Waals surface area contributed by atoms with Crippen LogP contribution in [0.2, 0.25) is 0 Å². The van der Waals surface area contributed by atoms with Crippen LogP contribution in [0.4, 0.5) is 19.0 Å². The number of fused-ring (bicyclic) bond motifs is 1. The van der Waals surface area contributed by atoms with E-state index in [1.54, 1.807) is 46.5 Å². The van der Waals surface area contributed by atoms with Gasteiger partial charge in [0.25, 0.3) is 0 Å². The van der Waals surface area contributed by atoms with Gasteiger partial charge >= 0.3 is 6.18 Å². The van der Waals surface area contributed by atoms with Crippen LogP contribution in [0.1, 0.15) is 51.8 Å². The first-order chi connectivity index (χ1) is 19.9. The molecule has 0 aromatic carbocycles. The molecule has 3 aromatic heterocycles. The number of nitrogens with two attached hydrogens (primary N) is 1. The van der Waals surface area contributed by atoms with E-state index in [0.29, 0.717) is 35.4 Å². The lowest BCUT2D eigenvalue weighted by Gasteiger charge is -2.48. The highest BCUT2D eigenvalue weighted by Crippen LogP contribution is 2.40. The molecular formula is C28H32F3N9O2. The molecule has 2 aliphatic heterocycles. The van der Waals surface area contributed by atoms with E-state index in [2.05, 4.69) is 20.5 Å².